The Hall–Kier alpha value is -1.88. The molecule has 2 amide bonds. The molecule has 2 fully saturated rings. The maximum atomic E-state index is 12.8. The van der Waals surface area contributed by atoms with Crippen LogP contribution in [0.3, 0.4) is 0 Å². The van der Waals surface area contributed by atoms with Crippen LogP contribution in [0.2, 0.25) is 0 Å². The van der Waals surface area contributed by atoms with Crippen molar-refractivity contribution in [2.24, 2.45) is 5.92 Å². The van der Waals surface area contributed by atoms with Gasteiger partial charge in [0.05, 0.1) is 0 Å². The van der Waals surface area contributed by atoms with Gasteiger partial charge in [0, 0.05) is 36.8 Å². The Labute approximate surface area is 142 Å². The van der Waals surface area contributed by atoms with Crippen LogP contribution in [0, 0.1) is 5.92 Å². The normalized spacial score (nSPS) is 24.6. The minimum absolute atomic E-state index is 0.0594. The minimum atomic E-state index is 0.0594. The second-order valence-electron chi connectivity index (χ2n) is 7.25. The lowest BCUT2D eigenvalue weighted by atomic mass is 9.88. The maximum Gasteiger partial charge on any atom is 0.253 e. The first-order valence-corrected chi connectivity index (χ1v) is 9.16. The van der Waals surface area contributed by atoms with Gasteiger partial charge >= 0.3 is 0 Å². The topological polar surface area (TPSA) is 61.4 Å². The van der Waals surface area contributed by atoms with Crippen molar-refractivity contribution >= 4 is 17.5 Å². The summed E-state index contributed by atoms with van der Waals surface area (Å²) in [5.74, 6) is 0.909. The first-order valence-electron chi connectivity index (χ1n) is 9.16. The van der Waals surface area contributed by atoms with E-state index >= 15 is 0 Å². The largest absolute Gasteiger partial charge is 0.339 e. The number of likely N-dealkylation sites (tertiary alicyclic amines) is 1. The monoisotopic (exact) mass is 327 g/mol. The summed E-state index contributed by atoms with van der Waals surface area (Å²) in [6.07, 6.45) is 6.00. The zero-order chi connectivity index (χ0) is 16.5. The molecule has 1 aromatic carbocycles. The van der Waals surface area contributed by atoms with Crippen molar-refractivity contribution in [3.05, 3.63) is 29.3 Å². The molecule has 4 rings (SSSR count). The fourth-order valence-electron chi connectivity index (χ4n) is 4.32. The molecule has 0 aromatic heterocycles. The molecule has 1 aromatic rings. The number of carbonyl (C=O) groups excluding carboxylic acids is 2. The molecule has 2 N–H and O–H groups in total. The Morgan fingerprint density at radius 3 is 2.71 bits per heavy atom. The van der Waals surface area contributed by atoms with Gasteiger partial charge in [0.15, 0.2) is 0 Å². The fourth-order valence-corrected chi connectivity index (χ4v) is 4.32. The van der Waals surface area contributed by atoms with Crippen LogP contribution in [0.1, 0.15) is 48.0 Å². The molecule has 24 heavy (non-hydrogen) atoms. The number of carbonyl (C=O) groups is 2. The summed E-state index contributed by atoms with van der Waals surface area (Å²) < 4.78 is 0. The van der Waals surface area contributed by atoms with Crippen LogP contribution in [-0.2, 0) is 11.2 Å². The molecule has 5 heteroatoms. The van der Waals surface area contributed by atoms with Crippen LogP contribution in [0.5, 0.6) is 0 Å². The second kappa shape index (κ2) is 6.55. The van der Waals surface area contributed by atoms with Gasteiger partial charge in [-0.1, -0.05) is 0 Å². The Balaban J connectivity index is 1.40. The predicted octanol–water partition coefficient (Wildman–Crippen LogP) is 2.18. The molecular weight excluding hydrogens is 302 g/mol. The highest BCUT2D eigenvalue weighted by atomic mass is 16.2. The number of hydrogen-bond donors (Lipinski definition) is 2. The van der Waals surface area contributed by atoms with Crippen molar-refractivity contribution in [2.45, 2.75) is 44.6 Å². The molecule has 0 bridgehead atoms. The summed E-state index contributed by atoms with van der Waals surface area (Å²) >= 11 is 0. The van der Waals surface area contributed by atoms with Gasteiger partial charge in [-0.3, -0.25) is 9.59 Å². The van der Waals surface area contributed by atoms with Crippen molar-refractivity contribution in [3.63, 3.8) is 0 Å². The van der Waals surface area contributed by atoms with Crippen molar-refractivity contribution in [1.29, 1.82) is 0 Å². The van der Waals surface area contributed by atoms with Gasteiger partial charge < -0.3 is 15.5 Å². The molecular formula is C19H25N3O2. The molecule has 2 saturated heterocycles. The highest BCUT2D eigenvalue weighted by molar-refractivity contribution is 5.98. The summed E-state index contributed by atoms with van der Waals surface area (Å²) in [5, 5.41) is 6.47. The van der Waals surface area contributed by atoms with Gasteiger partial charge in [-0.2, -0.15) is 0 Å². The van der Waals surface area contributed by atoms with E-state index in [1.807, 2.05) is 23.1 Å². The van der Waals surface area contributed by atoms with E-state index in [-0.39, 0.29) is 11.8 Å². The summed E-state index contributed by atoms with van der Waals surface area (Å²) in [5.41, 5.74) is 2.68. The van der Waals surface area contributed by atoms with Gasteiger partial charge in [-0.15, -0.1) is 0 Å². The number of aryl methyl sites for hydroxylation is 1. The van der Waals surface area contributed by atoms with Crippen molar-refractivity contribution in [1.82, 2.24) is 10.2 Å². The molecule has 0 saturated carbocycles. The molecule has 3 heterocycles. The zero-order valence-electron chi connectivity index (χ0n) is 14.0. The van der Waals surface area contributed by atoms with Gasteiger partial charge in [0.2, 0.25) is 5.91 Å². The highest BCUT2D eigenvalue weighted by Crippen LogP contribution is 2.28. The molecule has 5 nitrogen and oxygen atoms in total. The Morgan fingerprint density at radius 1 is 1.12 bits per heavy atom. The van der Waals surface area contributed by atoms with Crippen molar-refractivity contribution < 1.29 is 9.59 Å². The second-order valence-corrected chi connectivity index (χ2v) is 7.25. The number of hydrogen-bond acceptors (Lipinski definition) is 3. The average Bonchev–Trinajstić information content (AvgIpc) is 3.15. The van der Waals surface area contributed by atoms with Gasteiger partial charge in [0.1, 0.15) is 0 Å². The smallest absolute Gasteiger partial charge is 0.253 e. The number of benzene rings is 1. The lowest BCUT2D eigenvalue weighted by Crippen LogP contribution is -2.43. The molecule has 128 valence electrons. The summed E-state index contributed by atoms with van der Waals surface area (Å²) in [4.78, 5) is 26.2. The Morgan fingerprint density at radius 2 is 1.96 bits per heavy atom. The van der Waals surface area contributed by atoms with Crippen LogP contribution in [0.4, 0.5) is 5.69 Å². The molecule has 0 aliphatic carbocycles. The Bertz CT molecular complexity index is 644. The third kappa shape index (κ3) is 3.05. The van der Waals surface area contributed by atoms with Crippen molar-refractivity contribution in [2.75, 3.05) is 25.0 Å². The number of piperidine rings is 1. The van der Waals surface area contributed by atoms with Gasteiger partial charge in [-0.05, 0) is 68.3 Å². The minimum Gasteiger partial charge on any atom is -0.339 e. The van der Waals surface area contributed by atoms with Crippen LogP contribution in [0.25, 0.3) is 0 Å². The van der Waals surface area contributed by atoms with E-state index in [0.717, 1.165) is 61.6 Å². The predicted molar refractivity (Wildman–Crippen MR) is 93.0 cm³/mol. The van der Waals surface area contributed by atoms with E-state index in [1.165, 1.54) is 12.8 Å². The number of rotatable bonds is 2. The molecule has 0 spiro atoms. The fraction of sp³-hybridized carbons (Fsp3) is 0.579. The summed E-state index contributed by atoms with van der Waals surface area (Å²) in [7, 11) is 0. The first kappa shape index (κ1) is 15.6. The van der Waals surface area contributed by atoms with E-state index in [2.05, 4.69) is 10.6 Å². The summed E-state index contributed by atoms with van der Waals surface area (Å²) in [6, 6.07) is 6.34. The van der Waals surface area contributed by atoms with E-state index in [4.69, 9.17) is 0 Å². The maximum absolute atomic E-state index is 12.8. The van der Waals surface area contributed by atoms with Crippen LogP contribution in [0.15, 0.2) is 18.2 Å². The lowest BCUT2D eigenvalue weighted by molar-refractivity contribution is -0.116. The summed E-state index contributed by atoms with van der Waals surface area (Å²) in [6.45, 7) is 2.86. The van der Waals surface area contributed by atoms with Crippen LogP contribution in [-0.4, -0.2) is 42.4 Å². The number of anilines is 1. The van der Waals surface area contributed by atoms with E-state index in [1.54, 1.807) is 0 Å². The highest BCUT2D eigenvalue weighted by Gasteiger charge is 2.30. The van der Waals surface area contributed by atoms with Gasteiger partial charge in [0.25, 0.3) is 5.91 Å². The SMILES string of the molecule is O=C1CCc2cc(C(=O)N3CCC(C4CCCN4)CC3)ccc2N1. The molecule has 3 aliphatic heterocycles. The number of amides is 2. The number of fused-ring (bicyclic) bond motifs is 1. The van der Waals surface area contributed by atoms with Crippen LogP contribution >= 0.6 is 0 Å². The number of nitrogens with zero attached hydrogens (tertiary/aromatic N) is 1. The lowest BCUT2D eigenvalue weighted by Gasteiger charge is -2.35. The zero-order valence-corrected chi connectivity index (χ0v) is 14.0. The average molecular weight is 327 g/mol. The molecule has 1 unspecified atom stereocenters. The van der Waals surface area contributed by atoms with E-state index in [0.29, 0.717) is 12.5 Å². The quantitative estimate of drug-likeness (QED) is 0.875. The van der Waals surface area contributed by atoms with E-state index < -0.39 is 0 Å². The third-order valence-corrected chi connectivity index (χ3v) is 5.74. The number of nitrogens with one attached hydrogen (secondary N) is 2. The molecule has 1 atom stereocenters. The Kier molecular flexibility index (Phi) is 4.27. The van der Waals surface area contributed by atoms with Crippen LogP contribution < -0.4 is 10.6 Å². The molecule has 0 radical (unpaired) electrons. The van der Waals surface area contributed by atoms with Gasteiger partial charge in [-0.25, -0.2) is 0 Å². The van der Waals surface area contributed by atoms with E-state index in [9.17, 15) is 9.59 Å². The standard InChI is InChI=1S/C19H25N3O2/c23-18-6-4-14-12-15(3-5-17(14)21-18)19(24)22-10-7-13(8-11-22)16-2-1-9-20-16/h3,5,12-13,16,20H,1-2,4,6-11H2,(H,21,23). The third-order valence-electron chi connectivity index (χ3n) is 5.74. The van der Waals surface area contributed by atoms with Crippen molar-refractivity contribution in [3.8, 4) is 0 Å². The molecule has 3 aliphatic rings. The first-order chi connectivity index (χ1) is 11.7.